The zero-order chi connectivity index (χ0) is 14.9. The molecule has 6 heteroatoms. The molecule has 0 aliphatic rings. The maximum atomic E-state index is 11.3. The highest BCUT2D eigenvalue weighted by Crippen LogP contribution is 2.39. The fourth-order valence-electron chi connectivity index (χ4n) is 2.27. The summed E-state index contributed by atoms with van der Waals surface area (Å²) in [5, 5.41) is 15.8. The van der Waals surface area contributed by atoms with Gasteiger partial charge in [0.15, 0.2) is 5.69 Å². The molecule has 0 unspecified atom stereocenters. The van der Waals surface area contributed by atoms with E-state index in [4.69, 9.17) is 9.47 Å². The molecule has 0 spiro atoms. The number of carboxylic acids is 1. The van der Waals surface area contributed by atoms with E-state index in [2.05, 4.69) is 10.2 Å². The lowest BCUT2D eigenvalue weighted by Crippen LogP contribution is -2.01. The van der Waals surface area contributed by atoms with Crippen LogP contribution in [0.5, 0.6) is 11.5 Å². The molecule has 1 heterocycles. The minimum atomic E-state index is -1.08. The lowest BCUT2D eigenvalue weighted by molar-refractivity contribution is 0.0691. The highest BCUT2D eigenvalue weighted by atomic mass is 16.5. The van der Waals surface area contributed by atoms with Crippen LogP contribution >= 0.6 is 0 Å². The van der Waals surface area contributed by atoms with Gasteiger partial charge in [-0.15, -0.1) is 0 Å². The number of aryl methyl sites for hydroxylation is 1. The Bertz CT molecular complexity index is 661. The van der Waals surface area contributed by atoms with Crippen LogP contribution in [-0.2, 0) is 0 Å². The first-order valence-corrected chi connectivity index (χ1v) is 6.01. The zero-order valence-electron chi connectivity index (χ0n) is 11.8. The van der Waals surface area contributed by atoms with Crippen LogP contribution in [0.3, 0.4) is 0 Å². The molecule has 2 N–H and O–H groups in total. The van der Waals surface area contributed by atoms with Gasteiger partial charge in [0.2, 0.25) is 0 Å². The van der Waals surface area contributed by atoms with Crippen molar-refractivity contribution in [2.45, 2.75) is 13.8 Å². The van der Waals surface area contributed by atoms with Crippen LogP contribution in [0.4, 0.5) is 0 Å². The number of aromatic nitrogens is 2. The van der Waals surface area contributed by atoms with Crippen LogP contribution in [0, 0.1) is 13.8 Å². The Kier molecular flexibility index (Phi) is 3.65. The second-order valence-electron chi connectivity index (χ2n) is 4.35. The predicted molar refractivity (Wildman–Crippen MR) is 73.6 cm³/mol. The first-order valence-electron chi connectivity index (χ1n) is 6.01. The van der Waals surface area contributed by atoms with Gasteiger partial charge in [-0.2, -0.15) is 5.10 Å². The normalized spacial score (nSPS) is 10.4. The third-order valence-corrected chi connectivity index (χ3v) is 3.20. The molecule has 2 rings (SSSR count). The largest absolute Gasteiger partial charge is 0.496 e. The maximum absolute atomic E-state index is 11.3. The standard InChI is InChI=1S/C14H16N2O4/c1-7-10(19-3)6-5-9(13(7)20-4)11-8(2)15-16-12(11)14(17)18/h5-6H,1-4H3,(H,15,16)(H,17,18). The molecule has 0 radical (unpaired) electrons. The van der Waals surface area contributed by atoms with Gasteiger partial charge in [-0.25, -0.2) is 4.79 Å². The maximum Gasteiger partial charge on any atom is 0.357 e. The number of carboxylic acid groups (broad SMARTS) is 1. The number of aromatic amines is 1. The minimum absolute atomic E-state index is 0.0228. The molecule has 0 saturated heterocycles. The van der Waals surface area contributed by atoms with Crippen molar-refractivity contribution in [3.05, 3.63) is 29.1 Å². The molecule has 0 atom stereocenters. The molecule has 20 heavy (non-hydrogen) atoms. The van der Waals surface area contributed by atoms with Crippen molar-refractivity contribution >= 4 is 5.97 Å². The van der Waals surface area contributed by atoms with Crippen molar-refractivity contribution in [1.29, 1.82) is 0 Å². The van der Waals surface area contributed by atoms with Crippen molar-refractivity contribution in [3.63, 3.8) is 0 Å². The van der Waals surface area contributed by atoms with Gasteiger partial charge in [-0.1, -0.05) is 0 Å². The van der Waals surface area contributed by atoms with Gasteiger partial charge in [-0.3, -0.25) is 5.10 Å². The first kappa shape index (κ1) is 13.9. The van der Waals surface area contributed by atoms with Crippen molar-refractivity contribution < 1.29 is 19.4 Å². The number of methoxy groups -OCH3 is 2. The molecule has 106 valence electrons. The summed E-state index contributed by atoms with van der Waals surface area (Å²) in [7, 11) is 3.12. The molecule has 1 aromatic carbocycles. The van der Waals surface area contributed by atoms with Crippen LogP contribution in [-0.4, -0.2) is 35.5 Å². The third-order valence-electron chi connectivity index (χ3n) is 3.20. The molecule has 1 aromatic heterocycles. The second-order valence-corrected chi connectivity index (χ2v) is 4.35. The van der Waals surface area contributed by atoms with E-state index in [-0.39, 0.29) is 5.69 Å². The molecule has 0 aliphatic heterocycles. The molecular weight excluding hydrogens is 260 g/mol. The van der Waals surface area contributed by atoms with E-state index in [9.17, 15) is 9.90 Å². The van der Waals surface area contributed by atoms with E-state index >= 15 is 0 Å². The molecule has 0 fully saturated rings. The minimum Gasteiger partial charge on any atom is -0.496 e. The van der Waals surface area contributed by atoms with Gasteiger partial charge >= 0.3 is 5.97 Å². The molecule has 2 aromatic rings. The molecule has 0 saturated carbocycles. The Morgan fingerprint density at radius 2 is 1.95 bits per heavy atom. The van der Waals surface area contributed by atoms with Gasteiger partial charge in [-0.05, 0) is 26.0 Å². The predicted octanol–water partition coefficient (Wildman–Crippen LogP) is 2.41. The summed E-state index contributed by atoms with van der Waals surface area (Å²) < 4.78 is 10.7. The summed E-state index contributed by atoms with van der Waals surface area (Å²) >= 11 is 0. The number of nitrogens with zero attached hydrogens (tertiary/aromatic N) is 1. The fourth-order valence-corrected chi connectivity index (χ4v) is 2.27. The van der Waals surface area contributed by atoms with Gasteiger partial charge in [0.25, 0.3) is 0 Å². The summed E-state index contributed by atoms with van der Waals surface area (Å²) in [6.45, 7) is 3.63. The van der Waals surface area contributed by atoms with E-state index < -0.39 is 5.97 Å². The number of hydrogen-bond acceptors (Lipinski definition) is 4. The lowest BCUT2D eigenvalue weighted by Gasteiger charge is -2.14. The van der Waals surface area contributed by atoms with Crippen molar-refractivity contribution in [3.8, 4) is 22.6 Å². The van der Waals surface area contributed by atoms with Crippen LogP contribution in [0.25, 0.3) is 11.1 Å². The van der Waals surface area contributed by atoms with Crippen LogP contribution in [0.15, 0.2) is 12.1 Å². The van der Waals surface area contributed by atoms with E-state index in [1.165, 1.54) is 0 Å². The first-order chi connectivity index (χ1) is 9.51. The van der Waals surface area contributed by atoms with E-state index in [0.29, 0.717) is 28.3 Å². The van der Waals surface area contributed by atoms with Gasteiger partial charge in [0, 0.05) is 22.4 Å². The Morgan fingerprint density at radius 3 is 2.50 bits per heavy atom. The highest BCUT2D eigenvalue weighted by Gasteiger charge is 2.22. The second kappa shape index (κ2) is 5.24. The van der Waals surface area contributed by atoms with E-state index in [1.807, 2.05) is 6.92 Å². The molecule has 0 bridgehead atoms. The fraction of sp³-hybridized carbons (Fsp3) is 0.286. The average Bonchev–Trinajstić information content (AvgIpc) is 2.80. The zero-order valence-corrected chi connectivity index (χ0v) is 11.8. The number of aromatic carboxylic acids is 1. The molecular formula is C14H16N2O4. The topological polar surface area (TPSA) is 84.4 Å². The summed E-state index contributed by atoms with van der Waals surface area (Å²) in [5.74, 6) is 0.180. The Hall–Kier alpha value is -2.50. The third kappa shape index (κ3) is 2.09. The number of rotatable bonds is 4. The van der Waals surface area contributed by atoms with E-state index in [0.717, 1.165) is 5.56 Å². The van der Waals surface area contributed by atoms with Crippen molar-refractivity contribution in [2.24, 2.45) is 0 Å². The van der Waals surface area contributed by atoms with Crippen LogP contribution in [0.1, 0.15) is 21.7 Å². The highest BCUT2D eigenvalue weighted by molar-refractivity contribution is 5.96. The van der Waals surface area contributed by atoms with Crippen LogP contribution < -0.4 is 9.47 Å². The molecule has 0 aliphatic carbocycles. The monoisotopic (exact) mass is 276 g/mol. The van der Waals surface area contributed by atoms with E-state index in [1.54, 1.807) is 33.3 Å². The quantitative estimate of drug-likeness (QED) is 0.895. The van der Waals surface area contributed by atoms with Gasteiger partial charge in [0.05, 0.1) is 14.2 Å². The van der Waals surface area contributed by atoms with Gasteiger partial charge < -0.3 is 14.6 Å². The smallest absolute Gasteiger partial charge is 0.357 e. The number of H-pyrrole nitrogens is 1. The summed E-state index contributed by atoms with van der Waals surface area (Å²) in [4.78, 5) is 11.3. The molecule has 0 amide bonds. The van der Waals surface area contributed by atoms with Crippen LogP contribution in [0.2, 0.25) is 0 Å². The number of carbonyl (C=O) groups is 1. The number of benzene rings is 1. The average molecular weight is 276 g/mol. The SMILES string of the molecule is COc1ccc(-c2c(C(=O)O)n[nH]c2C)c(OC)c1C. The number of nitrogens with one attached hydrogen (secondary N) is 1. The Balaban J connectivity index is 2.73. The number of hydrogen-bond donors (Lipinski definition) is 2. The Morgan fingerprint density at radius 1 is 1.25 bits per heavy atom. The van der Waals surface area contributed by atoms with Crippen molar-refractivity contribution in [2.75, 3.05) is 14.2 Å². The summed E-state index contributed by atoms with van der Waals surface area (Å²) in [6, 6.07) is 3.56. The Labute approximate surface area is 116 Å². The summed E-state index contributed by atoms with van der Waals surface area (Å²) in [6.07, 6.45) is 0. The lowest BCUT2D eigenvalue weighted by atomic mass is 9.99. The number of ether oxygens (including phenoxy) is 2. The van der Waals surface area contributed by atoms with Gasteiger partial charge in [0.1, 0.15) is 11.5 Å². The molecule has 6 nitrogen and oxygen atoms in total. The summed E-state index contributed by atoms with van der Waals surface area (Å²) in [5.41, 5.74) is 2.66. The van der Waals surface area contributed by atoms with Crippen molar-refractivity contribution in [1.82, 2.24) is 10.2 Å².